The molecular weight excluding hydrogens is 207 g/mol. The van der Waals surface area contributed by atoms with Crippen LogP contribution in [-0.4, -0.2) is 12.2 Å². The highest BCUT2D eigenvalue weighted by molar-refractivity contribution is 7.47. The maximum Gasteiger partial charge on any atom is 0.160 e. The molecule has 1 aromatic rings. The van der Waals surface area contributed by atoms with E-state index in [-0.39, 0.29) is 17.1 Å². The Labute approximate surface area is 81.1 Å². The van der Waals surface area contributed by atoms with Crippen LogP contribution in [0.4, 0.5) is 0 Å². The number of ether oxygens (including phenoxy) is 1. The Bertz CT molecular complexity index is 370. The standard InChI is InChI=1S/C8H11O5P/c1-13-8-3-2-6(4-7(8)9)5-14(10,11)12/h2-4,9H,5H2,1H3,(H2,10,11,12)/p-2. The molecule has 0 aromatic heterocycles. The van der Waals surface area contributed by atoms with E-state index in [2.05, 4.69) is 0 Å². The molecule has 0 radical (unpaired) electrons. The Morgan fingerprint density at radius 2 is 2.14 bits per heavy atom. The summed E-state index contributed by atoms with van der Waals surface area (Å²) in [6.45, 7) is 0. The van der Waals surface area contributed by atoms with Gasteiger partial charge in [0, 0.05) is 6.16 Å². The molecule has 0 heterocycles. The largest absolute Gasteiger partial charge is 0.810 e. The Morgan fingerprint density at radius 1 is 1.50 bits per heavy atom. The second-order valence-corrected chi connectivity index (χ2v) is 4.31. The molecule has 0 saturated carbocycles. The molecule has 0 aliphatic heterocycles. The number of phenols is 1. The lowest BCUT2D eigenvalue weighted by atomic mass is 10.2. The van der Waals surface area contributed by atoms with Gasteiger partial charge >= 0.3 is 0 Å². The Morgan fingerprint density at radius 3 is 2.57 bits per heavy atom. The minimum Gasteiger partial charge on any atom is -0.810 e. The summed E-state index contributed by atoms with van der Waals surface area (Å²) in [5, 5.41) is 9.27. The molecule has 1 rings (SSSR count). The van der Waals surface area contributed by atoms with Crippen molar-refractivity contribution in [3.8, 4) is 11.5 Å². The Balaban J connectivity index is 2.92. The second kappa shape index (κ2) is 4.00. The van der Waals surface area contributed by atoms with Gasteiger partial charge in [-0.25, -0.2) is 0 Å². The molecule has 0 spiro atoms. The fourth-order valence-electron chi connectivity index (χ4n) is 1.06. The lowest BCUT2D eigenvalue weighted by Crippen LogP contribution is -2.15. The van der Waals surface area contributed by atoms with Gasteiger partial charge in [-0.3, -0.25) is 0 Å². The summed E-state index contributed by atoms with van der Waals surface area (Å²) in [5.74, 6) is 0.0545. The van der Waals surface area contributed by atoms with Crippen molar-refractivity contribution in [2.24, 2.45) is 0 Å². The molecule has 1 N–H and O–H groups in total. The lowest BCUT2D eigenvalue weighted by Gasteiger charge is -2.29. The summed E-state index contributed by atoms with van der Waals surface area (Å²) < 4.78 is 15.2. The summed E-state index contributed by atoms with van der Waals surface area (Å²) >= 11 is 0. The molecule has 0 unspecified atom stereocenters. The van der Waals surface area contributed by atoms with Gasteiger partial charge in [0.15, 0.2) is 11.5 Å². The lowest BCUT2D eigenvalue weighted by molar-refractivity contribution is -0.314. The predicted octanol–water partition coefficient (Wildman–Crippen LogP) is -0.186. The van der Waals surface area contributed by atoms with Crippen LogP contribution < -0.4 is 14.5 Å². The van der Waals surface area contributed by atoms with Crippen molar-refractivity contribution >= 4 is 7.60 Å². The van der Waals surface area contributed by atoms with E-state index in [0.717, 1.165) is 0 Å². The molecule has 0 aliphatic carbocycles. The first-order chi connectivity index (χ1) is 6.42. The van der Waals surface area contributed by atoms with Gasteiger partial charge in [0.25, 0.3) is 0 Å². The van der Waals surface area contributed by atoms with Crippen molar-refractivity contribution < 1.29 is 24.2 Å². The summed E-state index contributed by atoms with van der Waals surface area (Å²) in [4.78, 5) is 20.9. The zero-order valence-corrected chi connectivity index (χ0v) is 8.36. The minimum absolute atomic E-state index is 0.182. The molecule has 14 heavy (non-hydrogen) atoms. The third-order valence-corrected chi connectivity index (χ3v) is 2.37. The van der Waals surface area contributed by atoms with Gasteiger partial charge in [-0.1, -0.05) is 13.7 Å². The molecule has 1 aromatic carbocycles. The first-order valence-electron chi connectivity index (χ1n) is 3.79. The van der Waals surface area contributed by atoms with Crippen LogP contribution in [0, 0.1) is 0 Å². The monoisotopic (exact) mass is 216 g/mol. The first kappa shape index (κ1) is 11.0. The van der Waals surface area contributed by atoms with Crippen LogP contribution in [0.1, 0.15) is 5.56 Å². The van der Waals surface area contributed by atoms with Crippen molar-refractivity contribution in [1.29, 1.82) is 0 Å². The van der Waals surface area contributed by atoms with Crippen molar-refractivity contribution in [3.05, 3.63) is 23.8 Å². The molecule has 0 fully saturated rings. The summed E-state index contributed by atoms with van der Waals surface area (Å²) in [6.07, 6.45) is -0.607. The highest BCUT2D eigenvalue weighted by Crippen LogP contribution is 2.33. The Kier molecular flexibility index (Phi) is 3.16. The van der Waals surface area contributed by atoms with Gasteiger partial charge in [-0.05, 0) is 17.7 Å². The third kappa shape index (κ3) is 3.03. The maximum absolute atomic E-state index is 10.4. The topological polar surface area (TPSA) is 92.7 Å². The molecular formula is C8H9O5P-2. The van der Waals surface area contributed by atoms with Crippen molar-refractivity contribution in [2.75, 3.05) is 7.11 Å². The van der Waals surface area contributed by atoms with Gasteiger partial charge in [0.05, 0.1) is 7.11 Å². The van der Waals surface area contributed by atoms with Gasteiger partial charge in [0.1, 0.15) is 0 Å². The fraction of sp³-hybridized carbons (Fsp3) is 0.250. The van der Waals surface area contributed by atoms with Crippen molar-refractivity contribution in [3.63, 3.8) is 0 Å². The average Bonchev–Trinajstić information content (AvgIpc) is 2.01. The van der Waals surface area contributed by atoms with E-state index >= 15 is 0 Å². The zero-order valence-electron chi connectivity index (χ0n) is 7.47. The predicted molar refractivity (Wildman–Crippen MR) is 46.0 cm³/mol. The minimum atomic E-state index is -4.58. The number of hydrogen-bond acceptors (Lipinski definition) is 5. The van der Waals surface area contributed by atoms with E-state index in [4.69, 9.17) is 4.74 Å². The molecule has 0 atom stereocenters. The molecule has 0 saturated heterocycles. The second-order valence-electron chi connectivity index (χ2n) is 2.78. The molecule has 0 aliphatic rings. The van der Waals surface area contributed by atoms with Gasteiger partial charge in [-0.2, -0.15) is 0 Å². The van der Waals surface area contributed by atoms with E-state index in [1.54, 1.807) is 0 Å². The Hall–Kier alpha value is -1.03. The number of hydrogen-bond donors (Lipinski definition) is 1. The summed E-state index contributed by atoms with van der Waals surface area (Å²) in [5.41, 5.74) is 0.247. The smallest absolute Gasteiger partial charge is 0.160 e. The SMILES string of the molecule is COc1ccc(CP(=O)([O-])[O-])cc1O. The highest BCUT2D eigenvalue weighted by atomic mass is 31.2. The van der Waals surface area contributed by atoms with Crippen molar-refractivity contribution in [2.45, 2.75) is 6.16 Å². The van der Waals surface area contributed by atoms with Crippen LogP contribution in [0.25, 0.3) is 0 Å². The number of phenolic OH excluding ortho intramolecular Hbond substituents is 1. The molecule has 78 valence electrons. The number of aromatic hydroxyl groups is 1. The van der Waals surface area contributed by atoms with Crippen LogP contribution in [-0.2, 0) is 10.7 Å². The molecule has 0 bridgehead atoms. The molecule has 5 nitrogen and oxygen atoms in total. The van der Waals surface area contributed by atoms with Crippen LogP contribution in [0.3, 0.4) is 0 Å². The van der Waals surface area contributed by atoms with Crippen LogP contribution in [0.5, 0.6) is 11.5 Å². The van der Waals surface area contributed by atoms with E-state index in [0.29, 0.717) is 0 Å². The maximum atomic E-state index is 10.4. The van der Waals surface area contributed by atoms with Crippen LogP contribution in [0.2, 0.25) is 0 Å². The third-order valence-electron chi connectivity index (χ3n) is 1.62. The number of rotatable bonds is 3. The quantitative estimate of drug-likeness (QED) is 0.707. The van der Waals surface area contributed by atoms with Gasteiger partial charge < -0.3 is 24.2 Å². The van der Waals surface area contributed by atoms with Gasteiger partial charge in [0.2, 0.25) is 0 Å². The first-order valence-corrected chi connectivity index (χ1v) is 5.52. The fourth-order valence-corrected chi connectivity index (χ4v) is 1.70. The summed E-state index contributed by atoms with van der Waals surface area (Å²) in [7, 11) is -3.21. The van der Waals surface area contributed by atoms with Crippen LogP contribution in [0.15, 0.2) is 18.2 Å². The summed E-state index contributed by atoms with van der Waals surface area (Å²) in [6, 6.07) is 4.02. The molecule has 0 amide bonds. The van der Waals surface area contributed by atoms with E-state index < -0.39 is 13.8 Å². The zero-order chi connectivity index (χ0) is 10.8. The van der Waals surface area contributed by atoms with E-state index in [1.807, 2.05) is 0 Å². The van der Waals surface area contributed by atoms with E-state index in [1.165, 1.54) is 25.3 Å². The normalized spacial score (nSPS) is 11.4. The van der Waals surface area contributed by atoms with Crippen LogP contribution >= 0.6 is 7.60 Å². The number of benzene rings is 1. The van der Waals surface area contributed by atoms with E-state index in [9.17, 15) is 19.5 Å². The number of methoxy groups -OCH3 is 1. The van der Waals surface area contributed by atoms with Crippen molar-refractivity contribution in [1.82, 2.24) is 0 Å². The average molecular weight is 216 g/mol. The molecule has 6 heteroatoms. The van der Waals surface area contributed by atoms with Gasteiger partial charge in [-0.15, -0.1) is 0 Å². The highest BCUT2D eigenvalue weighted by Gasteiger charge is 2.03.